The summed E-state index contributed by atoms with van der Waals surface area (Å²) >= 11 is 2.85. The quantitative estimate of drug-likeness (QED) is 0.831. The third-order valence-electron chi connectivity index (χ3n) is 2.17. The molecule has 1 N–H and O–H groups in total. The number of rotatable bonds is 5. The number of alkyl halides is 5. The molecule has 1 aromatic heterocycles. The second-order valence-corrected chi connectivity index (χ2v) is 4.50. The summed E-state index contributed by atoms with van der Waals surface area (Å²) in [5.74, 6) is -0.620. The number of halogens is 6. The van der Waals surface area contributed by atoms with Gasteiger partial charge in [-0.2, -0.15) is 13.2 Å². The molecule has 0 bridgehead atoms. The maximum Gasteiger partial charge on any atom is 0.419 e. The van der Waals surface area contributed by atoms with Crippen LogP contribution in [-0.2, 0) is 6.18 Å². The summed E-state index contributed by atoms with van der Waals surface area (Å²) in [6.45, 7) is -1.85. The van der Waals surface area contributed by atoms with Crippen molar-refractivity contribution in [3.05, 3.63) is 22.3 Å². The monoisotopic (exact) mass is 348 g/mol. The highest BCUT2D eigenvalue weighted by molar-refractivity contribution is 9.10. The molecular formula is C10H10BrF5N2O. The number of hydrogen-bond acceptors (Lipinski definition) is 3. The van der Waals surface area contributed by atoms with Gasteiger partial charge in [-0.05, 0) is 22.0 Å². The second-order valence-electron chi connectivity index (χ2n) is 3.58. The lowest BCUT2D eigenvalue weighted by atomic mass is 10.2. The second kappa shape index (κ2) is 6.47. The van der Waals surface area contributed by atoms with Crippen LogP contribution in [0.4, 0.5) is 27.8 Å². The third-order valence-corrected chi connectivity index (χ3v) is 2.60. The number of pyridine rings is 1. The average molecular weight is 349 g/mol. The zero-order valence-corrected chi connectivity index (χ0v) is 11.0. The molecule has 0 unspecified atom stereocenters. The maximum absolute atomic E-state index is 12.8. The molecule has 0 aliphatic carbocycles. The van der Waals surface area contributed by atoms with E-state index < -0.39 is 37.1 Å². The molecule has 0 aliphatic rings. The number of hydrogen-bond donors (Lipinski definition) is 1. The Bertz CT molecular complexity index is 427. The Balaban J connectivity index is 3.21. The summed E-state index contributed by atoms with van der Waals surface area (Å²) in [5.41, 5.74) is -1.13. The van der Waals surface area contributed by atoms with Crippen molar-refractivity contribution in [2.45, 2.75) is 12.6 Å². The molecule has 0 radical (unpaired) electrons. The molecular weight excluding hydrogens is 339 g/mol. The van der Waals surface area contributed by atoms with Crippen molar-refractivity contribution in [2.75, 3.05) is 24.6 Å². The molecule has 0 amide bonds. The Labute approximate surface area is 114 Å². The first kappa shape index (κ1) is 16.1. The van der Waals surface area contributed by atoms with Crippen molar-refractivity contribution in [3.63, 3.8) is 0 Å². The van der Waals surface area contributed by atoms with Gasteiger partial charge in [-0.1, -0.05) is 0 Å². The molecule has 1 heterocycles. The molecule has 0 aromatic carbocycles. The van der Waals surface area contributed by atoms with Crippen LogP contribution in [0.15, 0.2) is 16.7 Å². The van der Waals surface area contributed by atoms with Gasteiger partial charge in [-0.25, -0.2) is 13.8 Å². The molecule has 0 spiro atoms. The van der Waals surface area contributed by atoms with Gasteiger partial charge in [-0.15, -0.1) is 0 Å². The number of aromatic nitrogens is 1. The van der Waals surface area contributed by atoms with Crippen LogP contribution in [0.3, 0.4) is 0 Å². The fourth-order valence-corrected chi connectivity index (χ4v) is 1.79. The van der Waals surface area contributed by atoms with E-state index in [-0.39, 0.29) is 11.0 Å². The summed E-state index contributed by atoms with van der Waals surface area (Å²) in [6.07, 6.45) is -6.47. The molecule has 1 rings (SSSR count). The zero-order valence-electron chi connectivity index (χ0n) is 9.46. The van der Waals surface area contributed by atoms with Crippen LogP contribution in [0.25, 0.3) is 0 Å². The number of anilines is 1. The Hall–Kier alpha value is -0.960. The van der Waals surface area contributed by atoms with E-state index in [4.69, 9.17) is 5.11 Å². The predicted molar refractivity (Wildman–Crippen MR) is 62.2 cm³/mol. The van der Waals surface area contributed by atoms with Crippen molar-refractivity contribution in [1.82, 2.24) is 4.98 Å². The third kappa shape index (κ3) is 4.57. The summed E-state index contributed by atoms with van der Waals surface area (Å²) < 4.78 is 63.3. The van der Waals surface area contributed by atoms with Gasteiger partial charge in [0, 0.05) is 17.2 Å². The van der Waals surface area contributed by atoms with Gasteiger partial charge in [0.1, 0.15) is 5.82 Å². The van der Waals surface area contributed by atoms with Crippen LogP contribution in [0.2, 0.25) is 0 Å². The topological polar surface area (TPSA) is 36.4 Å². The average Bonchev–Trinajstić information content (AvgIpc) is 2.26. The number of aliphatic hydroxyl groups is 1. The van der Waals surface area contributed by atoms with Crippen LogP contribution in [-0.4, -0.2) is 36.2 Å². The van der Waals surface area contributed by atoms with Crippen LogP contribution >= 0.6 is 15.9 Å². The SMILES string of the molecule is OCCN(CC(F)F)c1ncc(Br)cc1C(F)(F)F. The van der Waals surface area contributed by atoms with Gasteiger partial charge < -0.3 is 10.0 Å². The van der Waals surface area contributed by atoms with E-state index in [9.17, 15) is 22.0 Å². The van der Waals surface area contributed by atoms with Gasteiger partial charge >= 0.3 is 6.18 Å². The normalized spacial score (nSPS) is 12.0. The molecule has 19 heavy (non-hydrogen) atoms. The van der Waals surface area contributed by atoms with Crippen molar-refractivity contribution in [1.29, 1.82) is 0 Å². The zero-order chi connectivity index (χ0) is 14.6. The summed E-state index contributed by atoms with van der Waals surface area (Å²) in [5, 5.41) is 8.75. The highest BCUT2D eigenvalue weighted by atomic mass is 79.9. The van der Waals surface area contributed by atoms with E-state index in [0.717, 1.165) is 12.3 Å². The fraction of sp³-hybridized carbons (Fsp3) is 0.500. The van der Waals surface area contributed by atoms with Crippen molar-refractivity contribution in [2.24, 2.45) is 0 Å². The standard InChI is InChI=1S/C10H10BrF5N2O/c11-6-3-7(10(14,15)16)9(17-4-6)18(1-2-19)5-8(12)13/h3-4,8,19H,1-2,5H2. The van der Waals surface area contributed by atoms with E-state index in [1.165, 1.54) is 0 Å². The molecule has 9 heteroatoms. The van der Waals surface area contributed by atoms with E-state index in [2.05, 4.69) is 20.9 Å². The summed E-state index contributed by atoms with van der Waals surface area (Å²) in [7, 11) is 0. The Morgan fingerprint density at radius 1 is 1.37 bits per heavy atom. The molecule has 3 nitrogen and oxygen atoms in total. The smallest absolute Gasteiger partial charge is 0.395 e. The molecule has 1 aromatic rings. The number of nitrogens with zero attached hydrogens (tertiary/aromatic N) is 2. The Kier molecular flexibility index (Phi) is 5.48. The van der Waals surface area contributed by atoms with Crippen LogP contribution in [0.5, 0.6) is 0 Å². The van der Waals surface area contributed by atoms with Crippen molar-refractivity contribution in [3.8, 4) is 0 Å². The van der Waals surface area contributed by atoms with Crippen molar-refractivity contribution < 1.29 is 27.1 Å². The minimum Gasteiger partial charge on any atom is -0.395 e. The Morgan fingerprint density at radius 3 is 2.47 bits per heavy atom. The van der Waals surface area contributed by atoms with Gasteiger partial charge in [0.05, 0.1) is 18.7 Å². The van der Waals surface area contributed by atoms with E-state index in [1.54, 1.807) is 0 Å². The van der Waals surface area contributed by atoms with Gasteiger partial charge in [0.25, 0.3) is 6.43 Å². The fourth-order valence-electron chi connectivity index (χ4n) is 1.46. The maximum atomic E-state index is 12.8. The highest BCUT2D eigenvalue weighted by Gasteiger charge is 2.36. The van der Waals surface area contributed by atoms with E-state index in [1.807, 2.05) is 0 Å². The van der Waals surface area contributed by atoms with Gasteiger partial charge in [0.15, 0.2) is 0 Å². The number of aliphatic hydroxyl groups excluding tert-OH is 1. The lowest BCUT2D eigenvalue weighted by Gasteiger charge is -2.25. The first-order chi connectivity index (χ1) is 8.75. The molecule has 0 fully saturated rings. The van der Waals surface area contributed by atoms with Gasteiger partial charge in [-0.3, -0.25) is 0 Å². The van der Waals surface area contributed by atoms with E-state index >= 15 is 0 Å². The summed E-state index contributed by atoms with van der Waals surface area (Å²) in [4.78, 5) is 4.24. The molecule has 0 saturated carbocycles. The predicted octanol–water partition coefficient (Wildman–Crippen LogP) is 2.93. The first-order valence-electron chi connectivity index (χ1n) is 5.12. The van der Waals surface area contributed by atoms with Crippen molar-refractivity contribution >= 4 is 21.7 Å². The minimum atomic E-state index is -4.72. The lowest BCUT2D eigenvalue weighted by molar-refractivity contribution is -0.137. The minimum absolute atomic E-state index is 0.0876. The van der Waals surface area contributed by atoms with Crippen LogP contribution < -0.4 is 4.90 Å². The van der Waals surface area contributed by atoms with Gasteiger partial charge in [0.2, 0.25) is 0 Å². The molecule has 0 aliphatic heterocycles. The largest absolute Gasteiger partial charge is 0.419 e. The van der Waals surface area contributed by atoms with Crippen LogP contribution in [0.1, 0.15) is 5.56 Å². The Morgan fingerprint density at radius 2 is 2.00 bits per heavy atom. The lowest BCUT2D eigenvalue weighted by Crippen LogP contribution is -2.34. The molecule has 0 saturated heterocycles. The van der Waals surface area contributed by atoms with E-state index in [0.29, 0.717) is 4.90 Å². The van der Waals surface area contributed by atoms with Crippen LogP contribution in [0, 0.1) is 0 Å². The molecule has 0 atom stereocenters. The summed E-state index contributed by atoms with van der Waals surface area (Å²) in [6, 6.07) is 0.762. The first-order valence-corrected chi connectivity index (χ1v) is 5.91. The molecule has 108 valence electrons. The highest BCUT2D eigenvalue weighted by Crippen LogP contribution is 2.36.